The number of halogens is 1. The van der Waals surface area contributed by atoms with Gasteiger partial charge in [0.25, 0.3) is 0 Å². The quantitative estimate of drug-likeness (QED) is 0.827. The first-order valence-corrected chi connectivity index (χ1v) is 6.62. The van der Waals surface area contributed by atoms with Crippen molar-refractivity contribution in [1.29, 1.82) is 0 Å². The molecule has 2 heterocycles. The summed E-state index contributed by atoms with van der Waals surface area (Å²) in [6.07, 6.45) is 1.15. The normalized spacial score (nSPS) is 13.7. The minimum atomic E-state index is 1.07. The van der Waals surface area contributed by atoms with Crippen LogP contribution >= 0.6 is 27.3 Å². The topological polar surface area (TPSA) is 12.0 Å². The number of nitrogens with one attached hydrogen (secondary N) is 1. The molecule has 0 saturated heterocycles. The number of thiophene rings is 1. The molecule has 0 unspecified atom stereocenters. The van der Waals surface area contributed by atoms with Crippen LogP contribution in [0.25, 0.3) is 10.4 Å². The van der Waals surface area contributed by atoms with Gasteiger partial charge in [0.05, 0.1) is 0 Å². The minimum absolute atomic E-state index is 1.07. The summed E-state index contributed by atoms with van der Waals surface area (Å²) in [4.78, 5) is 1.32. The zero-order chi connectivity index (χ0) is 10.3. The van der Waals surface area contributed by atoms with Crippen molar-refractivity contribution in [2.75, 3.05) is 11.9 Å². The summed E-state index contributed by atoms with van der Waals surface area (Å²) in [6.45, 7) is 1.07. The maximum absolute atomic E-state index is 3.58. The largest absolute Gasteiger partial charge is 0.384 e. The molecule has 1 nitrogen and oxygen atoms in total. The Morgan fingerprint density at radius 1 is 1.27 bits per heavy atom. The Morgan fingerprint density at radius 2 is 2.20 bits per heavy atom. The highest BCUT2D eigenvalue weighted by Gasteiger charge is 2.12. The van der Waals surface area contributed by atoms with Gasteiger partial charge in [0.15, 0.2) is 0 Å². The lowest BCUT2D eigenvalue weighted by Crippen LogP contribution is -1.90. The molecule has 0 fully saturated rings. The molecule has 0 radical (unpaired) electrons. The lowest BCUT2D eigenvalue weighted by molar-refractivity contribution is 1.11. The lowest BCUT2D eigenvalue weighted by atomic mass is 10.1. The van der Waals surface area contributed by atoms with Crippen LogP contribution < -0.4 is 5.32 Å². The van der Waals surface area contributed by atoms with E-state index in [1.165, 1.54) is 26.2 Å². The monoisotopic (exact) mass is 279 g/mol. The fraction of sp³-hybridized carbons (Fsp3) is 0.167. The van der Waals surface area contributed by atoms with Crippen molar-refractivity contribution in [2.24, 2.45) is 0 Å². The van der Waals surface area contributed by atoms with E-state index in [1.807, 2.05) is 0 Å². The van der Waals surface area contributed by atoms with Crippen molar-refractivity contribution in [1.82, 2.24) is 0 Å². The van der Waals surface area contributed by atoms with Crippen molar-refractivity contribution < 1.29 is 0 Å². The van der Waals surface area contributed by atoms with E-state index in [1.54, 1.807) is 11.3 Å². The summed E-state index contributed by atoms with van der Waals surface area (Å²) in [6, 6.07) is 8.77. The SMILES string of the molecule is Brc1ccsc1-c1ccc2c(c1)CCN2. The Labute approximate surface area is 101 Å². The van der Waals surface area contributed by atoms with Crippen LogP contribution in [0.2, 0.25) is 0 Å². The second-order valence-corrected chi connectivity index (χ2v) is 5.42. The molecule has 0 atom stereocenters. The van der Waals surface area contributed by atoms with Gasteiger partial charge in [-0.3, -0.25) is 0 Å². The molecule has 3 heteroatoms. The van der Waals surface area contributed by atoms with E-state index in [-0.39, 0.29) is 0 Å². The first-order chi connectivity index (χ1) is 7.34. The third-order valence-corrected chi connectivity index (χ3v) is 4.58. The molecule has 0 saturated carbocycles. The van der Waals surface area contributed by atoms with Crippen LogP contribution in [0.4, 0.5) is 5.69 Å². The van der Waals surface area contributed by atoms with Gasteiger partial charge >= 0.3 is 0 Å². The van der Waals surface area contributed by atoms with E-state index in [9.17, 15) is 0 Å². The number of fused-ring (bicyclic) bond motifs is 1. The standard InChI is InChI=1S/C12H10BrNS/c13-10-4-6-15-12(10)9-1-2-11-8(7-9)3-5-14-11/h1-2,4,6-7,14H,3,5H2. The zero-order valence-corrected chi connectivity index (χ0v) is 10.5. The van der Waals surface area contributed by atoms with Gasteiger partial charge in [-0.1, -0.05) is 6.07 Å². The summed E-state index contributed by atoms with van der Waals surface area (Å²) in [7, 11) is 0. The second kappa shape index (κ2) is 3.65. The fourth-order valence-corrected chi connectivity index (χ4v) is 3.55. The Kier molecular flexibility index (Phi) is 2.29. The van der Waals surface area contributed by atoms with E-state index < -0.39 is 0 Å². The molecular weight excluding hydrogens is 270 g/mol. The molecule has 15 heavy (non-hydrogen) atoms. The summed E-state index contributed by atoms with van der Waals surface area (Å²) in [5.41, 5.74) is 4.05. The molecule has 1 aliphatic heterocycles. The highest BCUT2D eigenvalue weighted by molar-refractivity contribution is 9.10. The predicted molar refractivity (Wildman–Crippen MR) is 69.6 cm³/mol. The average molecular weight is 280 g/mol. The maximum atomic E-state index is 3.58. The van der Waals surface area contributed by atoms with E-state index in [2.05, 4.69) is 50.9 Å². The molecule has 76 valence electrons. The van der Waals surface area contributed by atoms with Crippen molar-refractivity contribution in [3.63, 3.8) is 0 Å². The first-order valence-electron chi connectivity index (χ1n) is 4.95. The third-order valence-electron chi connectivity index (χ3n) is 2.69. The predicted octanol–water partition coefficient (Wildman–Crippen LogP) is 4.15. The van der Waals surface area contributed by atoms with Gasteiger partial charge in [-0.15, -0.1) is 11.3 Å². The van der Waals surface area contributed by atoms with Crippen LogP contribution in [-0.2, 0) is 6.42 Å². The van der Waals surface area contributed by atoms with E-state index in [0.717, 1.165) is 13.0 Å². The molecule has 0 bridgehead atoms. The molecule has 1 aliphatic rings. The van der Waals surface area contributed by atoms with Gasteiger partial charge in [0.2, 0.25) is 0 Å². The molecule has 0 spiro atoms. The second-order valence-electron chi connectivity index (χ2n) is 3.65. The molecule has 1 aromatic carbocycles. The molecule has 1 aromatic heterocycles. The fourth-order valence-electron chi connectivity index (χ4n) is 1.95. The molecule has 3 rings (SSSR count). The van der Waals surface area contributed by atoms with Crippen molar-refractivity contribution in [2.45, 2.75) is 6.42 Å². The number of hydrogen-bond acceptors (Lipinski definition) is 2. The van der Waals surface area contributed by atoms with E-state index in [0.29, 0.717) is 0 Å². The zero-order valence-electron chi connectivity index (χ0n) is 8.09. The highest BCUT2D eigenvalue weighted by atomic mass is 79.9. The Balaban J connectivity index is 2.11. The van der Waals surface area contributed by atoms with Gasteiger partial charge in [0.1, 0.15) is 0 Å². The Hall–Kier alpha value is -0.800. The van der Waals surface area contributed by atoms with Crippen LogP contribution in [0.5, 0.6) is 0 Å². The van der Waals surface area contributed by atoms with Gasteiger partial charge in [-0.25, -0.2) is 0 Å². The molecule has 2 aromatic rings. The summed E-state index contributed by atoms with van der Waals surface area (Å²) >= 11 is 5.36. The summed E-state index contributed by atoms with van der Waals surface area (Å²) < 4.78 is 1.19. The maximum Gasteiger partial charge on any atom is 0.0484 e. The van der Waals surface area contributed by atoms with Gasteiger partial charge in [-0.05, 0) is 57.1 Å². The Morgan fingerprint density at radius 3 is 3.00 bits per heavy atom. The van der Waals surface area contributed by atoms with Gasteiger partial charge in [-0.2, -0.15) is 0 Å². The first kappa shape index (κ1) is 9.43. The highest BCUT2D eigenvalue weighted by Crippen LogP contribution is 2.36. The average Bonchev–Trinajstić information content (AvgIpc) is 2.84. The van der Waals surface area contributed by atoms with Crippen molar-refractivity contribution in [3.8, 4) is 10.4 Å². The summed E-state index contributed by atoms with van der Waals surface area (Å²) in [5, 5.41) is 5.49. The number of hydrogen-bond donors (Lipinski definition) is 1. The van der Waals surface area contributed by atoms with Crippen molar-refractivity contribution >= 4 is 33.0 Å². The smallest absolute Gasteiger partial charge is 0.0484 e. The minimum Gasteiger partial charge on any atom is -0.384 e. The number of benzene rings is 1. The molecule has 0 aliphatic carbocycles. The van der Waals surface area contributed by atoms with Crippen LogP contribution in [0.1, 0.15) is 5.56 Å². The van der Waals surface area contributed by atoms with Crippen LogP contribution in [0.15, 0.2) is 34.1 Å². The molecular formula is C12H10BrNS. The lowest BCUT2D eigenvalue weighted by Gasteiger charge is -2.03. The van der Waals surface area contributed by atoms with Crippen LogP contribution in [0.3, 0.4) is 0 Å². The Bertz CT molecular complexity index is 504. The molecule has 0 amide bonds. The third kappa shape index (κ3) is 1.60. The van der Waals surface area contributed by atoms with Crippen LogP contribution in [0, 0.1) is 0 Å². The number of anilines is 1. The van der Waals surface area contributed by atoms with E-state index in [4.69, 9.17) is 0 Å². The summed E-state index contributed by atoms with van der Waals surface area (Å²) in [5.74, 6) is 0. The molecule has 1 N–H and O–H groups in total. The van der Waals surface area contributed by atoms with Gasteiger partial charge in [0, 0.05) is 21.6 Å². The number of rotatable bonds is 1. The van der Waals surface area contributed by atoms with E-state index >= 15 is 0 Å². The van der Waals surface area contributed by atoms with Gasteiger partial charge < -0.3 is 5.32 Å². The van der Waals surface area contributed by atoms with Crippen LogP contribution in [-0.4, -0.2) is 6.54 Å². The van der Waals surface area contributed by atoms with Crippen molar-refractivity contribution in [3.05, 3.63) is 39.7 Å².